The summed E-state index contributed by atoms with van der Waals surface area (Å²) >= 11 is 0. The maximum atomic E-state index is 13.3. The summed E-state index contributed by atoms with van der Waals surface area (Å²) in [5, 5.41) is 4.38. The van der Waals surface area contributed by atoms with Crippen LogP contribution < -0.4 is 9.64 Å². The van der Waals surface area contributed by atoms with Gasteiger partial charge in [-0.3, -0.25) is 14.5 Å². The van der Waals surface area contributed by atoms with Crippen molar-refractivity contribution in [1.82, 2.24) is 0 Å². The van der Waals surface area contributed by atoms with E-state index in [1.807, 2.05) is 54.6 Å². The van der Waals surface area contributed by atoms with Gasteiger partial charge in [-0.2, -0.15) is 0 Å². The number of oxime groups is 1. The van der Waals surface area contributed by atoms with Crippen LogP contribution in [0.15, 0.2) is 59.8 Å². The van der Waals surface area contributed by atoms with E-state index in [1.165, 1.54) is 4.90 Å². The second kappa shape index (κ2) is 5.92. The van der Waals surface area contributed by atoms with Gasteiger partial charge in [0, 0.05) is 17.4 Å². The molecule has 0 radical (unpaired) electrons. The van der Waals surface area contributed by atoms with Crippen LogP contribution in [0.4, 0.5) is 5.69 Å². The van der Waals surface area contributed by atoms with E-state index in [4.69, 9.17) is 9.57 Å². The molecule has 2 aliphatic carbocycles. The van der Waals surface area contributed by atoms with E-state index < -0.39 is 0 Å². The van der Waals surface area contributed by atoms with Gasteiger partial charge < -0.3 is 9.57 Å². The third-order valence-corrected chi connectivity index (χ3v) is 7.09. The van der Waals surface area contributed by atoms with Crippen molar-refractivity contribution in [2.24, 2.45) is 34.7 Å². The molecule has 2 aliphatic heterocycles. The van der Waals surface area contributed by atoms with Gasteiger partial charge in [-0.05, 0) is 48.7 Å². The van der Waals surface area contributed by atoms with E-state index in [2.05, 4.69) is 5.16 Å². The van der Waals surface area contributed by atoms with Crippen molar-refractivity contribution in [3.05, 3.63) is 60.2 Å². The normalized spacial score (nSPS) is 34.1. The largest absolute Gasteiger partial charge is 0.497 e. The number of benzene rings is 2. The lowest BCUT2D eigenvalue weighted by Gasteiger charge is -2.29. The minimum atomic E-state index is -0.292. The van der Waals surface area contributed by atoms with Gasteiger partial charge in [0.1, 0.15) is 11.9 Å². The molecule has 2 bridgehead atoms. The molecule has 2 aromatic carbocycles. The van der Waals surface area contributed by atoms with Crippen LogP contribution in [-0.2, 0) is 14.4 Å². The van der Waals surface area contributed by atoms with Gasteiger partial charge in [-0.1, -0.05) is 23.4 Å². The number of methoxy groups -OCH3 is 1. The number of carbonyl (C=O) groups is 2. The molecule has 146 valence electrons. The Morgan fingerprint density at radius 1 is 0.931 bits per heavy atom. The van der Waals surface area contributed by atoms with Crippen molar-refractivity contribution >= 4 is 23.2 Å². The highest BCUT2D eigenvalue weighted by molar-refractivity contribution is 6.23. The van der Waals surface area contributed by atoms with Crippen molar-refractivity contribution in [2.45, 2.75) is 12.5 Å². The molecule has 6 atom stereocenters. The number of para-hydroxylation sites is 1. The fourth-order valence-corrected chi connectivity index (χ4v) is 5.96. The number of hydrogen-bond donors (Lipinski definition) is 0. The number of fused-ring (bicyclic) bond motifs is 8. The van der Waals surface area contributed by atoms with Gasteiger partial charge in [0.2, 0.25) is 11.8 Å². The summed E-state index contributed by atoms with van der Waals surface area (Å²) < 4.78 is 5.25. The monoisotopic (exact) mass is 388 g/mol. The zero-order valence-electron chi connectivity index (χ0n) is 15.9. The minimum Gasteiger partial charge on any atom is -0.497 e. The highest BCUT2D eigenvalue weighted by Gasteiger charge is 2.70. The quantitative estimate of drug-likeness (QED) is 0.759. The van der Waals surface area contributed by atoms with Gasteiger partial charge in [0.05, 0.1) is 30.3 Å². The Morgan fingerprint density at radius 2 is 1.62 bits per heavy atom. The first kappa shape index (κ1) is 16.8. The van der Waals surface area contributed by atoms with Gasteiger partial charge in [-0.25, -0.2) is 0 Å². The number of ether oxygens (including phenoxy) is 1. The molecule has 6 heteroatoms. The molecule has 4 aliphatic rings. The Labute approximate surface area is 168 Å². The van der Waals surface area contributed by atoms with Crippen molar-refractivity contribution in [3.63, 3.8) is 0 Å². The number of carbonyl (C=O) groups excluding carboxylic acids is 2. The Bertz CT molecular complexity index is 1030. The predicted octanol–water partition coefficient (Wildman–Crippen LogP) is 2.87. The van der Waals surface area contributed by atoms with Crippen LogP contribution in [0, 0.1) is 29.6 Å². The number of hydrogen-bond acceptors (Lipinski definition) is 5. The highest BCUT2D eigenvalue weighted by Crippen LogP contribution is 2.62. The summed E-state index contributed by atoms with van der Waals surface area (Å²) in [6.45, 7) is 0. The Kier molecular flexibility index (Phi) is 3.43. The number of anilines is 1. The maximum Gasteiger partial charge on any atom is 0.238 e. The zero-order chi connectivity index (χ0) is 19.7. The van der Waals surface area contributed by atoms with Crippen LogP contribution in [0.5, 0.6) is 5.75 Å². The number of imide groups is 1. The summed E-state index contributed by atoms with van der Waals surface area (Å²) in [6.07, 6.45) is 0.728. The van der Waals surface area contributed by atoms with Crippen molar-refractivity contribution in [1.29, 1.82) is 0 Å². The third-order valence-electron chi connectivity index (χ3n) is 7.09. The lowest BCUT2D eigenvalue weighted by molar-refractivity contribution is -0.125. The SMILES string of the molecule is COc1ccc(C2=NOC3C4CC(C23)C2C(=O)N(c3ccccc3)C(=O)C42)cc1. The molecule has 29 heavy (non-hydrogen) atoms. The van der Waals surface area contributed by atoms with Crippen LogP contribution in [0.2, 0.25) is 0 Å². The second-order valence-corrected chi connectivity index (χ2v) is 8.26. The van der Waals surface area contributed by atoms with Crippen LogP contribution >= 0.6 is 0 Å². The summed E-state index contributed by atoms with van der Waals surface area (Å²) in [4.78, 5) is 33.7. The average Bonchev–Trinajstić information content (AvgIpc) is 3.49. The summed E-state index contributed by atoms with van der Waals surface area (Å²) in [6, 6.07) is 17.0. The molecule has 0 N–H and O–H groups in total. The van der Waals surface area contributed by atoms with E-state index in [0.717, 1.165) is 23.4 Å². The standard InChI is InChI=1S/C23H20N2O4/c1-28-14-9-7-12(8-10-14)20-19-15-11-16(21(19)29-24-20)18-17(15)22(26)25(23(18)27)13-5-3-2-4-6-13/h2-10,15-19,21H,11H2,1H3. The molecule has 6 rings (SSSR count). The fourth-order valence-electron chi connectivity index (χ4n) is 5.96. The lowest BCUT2D eigenvalue weighted by Crippen LogP contribution is -2.41. The van der Waals surface area contributed by atoms with Gasteiger partial charge in [0.25, 0.3) is 0 Å². The summed E-state index contributed by atoms with van der Waals surface area (Å²) in [5.41, 5.74) is 2.53. The van der Waals surface area contributed by atoms with E-state index in [0.29, 0.717) is 5.69 Å². The first-order valence-electron chi connectivity index (χ1n) is 10.00. The van der Waals surface area contributed by atoms with Crippen LogP contribution in [0.3, 0.4) is 0 Å². The van der Waals surface area contributed by atoms with E-state index in [-0.39, 0.29) is 47.5 Å². The summed E-state index contributed by atoms with van der Waals surface area (Å²) in [7, 11) is 1.64. The van der Waals surface area contributed by atoms with Crippen LogP contribution in [0.1, 0.15) is 12.0 Å². The molecule has 3 fully saturated rings. The van der Waals surface area contributed by atoms with Gasteiger partial charge in [-0.15, -0.1) is 0 Å². The smallest absolute Gasteiger partial charge is 0.238 e. The molecule has 0 spiro atoms. The van der Waals surface area contributed by atoms with Crippen molar-refractivity contribution in [2.75, 3.05) is 12.0 Å². The molecule has 6 nitrogen and oxygen atoms in total. The first-order valence-corrected chi connectivity index (χ1v) is 10.00. The maximum absolute atomic E-state index is 13.3. The molecule has 1 saturated heterocycles. The number of rotatable bonds is 3. The fraction of sp³-hybridized carbons (Fsp3) is 0.348. The Morgan fingerprint density at radius 3 is 2.31 bits per heavy atom. The Balaban J connectivity index is 1.34. The number of amides is 2. The molecule has 6 unspecified atom stereocenters. The minimum absolute atomic E-state index is 0.0414. The molecular weight excluding hydrogens is 368 g/mol. The highest BCUT2D eigenvalue weighted by atomic mass is 16.6. The van der Waals surface area contributed by atoms with Crippen LogP contribution in [0.25, 0.3) is 0 Å². The number of nitrogens with zero attached hydrogens (tertiary/aromatic N) is 2. The predicted molar refractivity (Wildman–Crippen MR) is 105 cm³/mol. The topological polar surface area (TPSA) is 68.2 Å². The van der Waals surface area contributed by atoms with Crippen LogP contribution in [-0.4, -0.2) is 30.7 Å². The Hall–Kier alpha value is -3.15. The summed E-state index contributed by atoms with van der Waals surface area (Å²) in [5.74, 6) is 0.244. The van der Waals surface area contributed by atoms with Crippen molar-refractivity contribution in [3.8, 4) is 5.75 Å². The molecular formula is C23H20N2O4. The molecule has 0 aromatic heterocycles. The van der Waals surface area contributed by atoms with Crippen molar-refractivity contribution < 1.29 is 19.2 Å². The molecule has 2 heterocycles. The zero-order valence-corrected chi connectivity index (χ0v) is 15.9. The van der Waals surface area contributed by atoms with E-state index in [1.54, 1.807) is 7.11 Å². The lowest BCUT2D eigenvalue weighted by atomic mass is 9.71. The van der Waals surface area contributed by atoms with E-state index >= 15 is 0 Å². The molecule has 2 saturated carbocycles. The average molecular weight is 388 g/mol. The second-order valence-electron chi connectivity index (χ2n) is 8.26. The molecule has 2 amide bonds. The van der Waals surface area contributed by atoms with Gasteiger partial charge >= 0.3 is 0 Å². The third kappa shape index (κ3) is 2.14. The molecule has 2 aromatic rings. The van der Waals surface area contributed by atoms with Gasteiger partial charge in [0.15, 0.2) is 0 Å². The van der Waals surface area contributed by atoms with E-state index in [9.17, 15) is 9.59 Å². The first-order chi connectivity index (χ1) is 14.2.